The van der Waals surface area contributed by atoms with Crippen molar-refractivity contribution in [2.75, 3.05) is 6.54 Å². The van der Waals surface area contributed by atoms with E-state index in [9.17, 15) is 5.11 Å². The lowest BCUT2D eigenvalue weighted by Gasteiger charge is -2.26. The van der Waals surface area contributed by atoms with Crippen LogP contribution in [0, 0.1) is 5.41 Å². The molecule has 1 rings (SSSR count). The van der Waals surface area contributed by atoms with Gasteiger partial charge in [-0.2, -0.15) is 0 Å². The summed E-state index contributed by atoms with van der Waals surface area (Å²) in [6, 6.07) is 10.4. The molecule has 0 saturated heterocycles. The van der Waals surface area contributed by atoms with E-state index in [-0.39, 0.29) is 11.5 Å². The van der Waals surface area contributed by atoms with Gasteiger partial charge in [0.25, 0.3) is 0 Å². The zero-order valence-corrected chi connectivity index (χ0v) is 10.5. The quantitative estimate of drug-likeness (QED) is 0.774. The van der Waals surface area contributed by atoms with Gasteiger partial charge in [0.1, 0.15) is 0 Å². The van der Waals surface area contributed by atoms with Gasteiger partial charge in [-0.25, -0.2) is 0 Å². The maximum Gasteiger partial charge on any atom is 0.0517 e. The molecule has 0 bridgehead atoms. The number of hydrogen-bond acceptors (Lipinski definition) is 2. The molecule has 2 nitrogen and oxygen atoms in total. The van der Waals surface area contributed by atoms with Gasteiger partial charge in [0.05, 0.1) is 6.10 Å². The molecule has 0 fully saturated rings. The monoisotopic (exact) mass is 221 g/mol. The van der Waals surface area contributed by atoms with E-state index in [2.05, 4.69) is 43.4 Å². The molecule has 2 N–H and O–H groups in total. The maximum absolute atomic E-state index is 9.38. The molecule has 90 valence electrons. The number of hydrogen-bond donors (Lipinski definition) is 2. The number of aliphatic hydroxyl groups excluding tert-OH is 1. The van der Waals surface area contributed by atoms with Crippen LogP contribution in [-0.4, -0.2) is 17.8 Å². The second-order valence-electron chi connectivity index (χ2n) is 5.31. The van der Waals surface area contributed by atoms with Gasteiger partial charge < -0.3 is 10.4 Å². The van der Waals surface area contributed by atoms with Gasteiger partial charge in [-0.15, -0.1) is 0 Å². The molecule has 1 aromatic carbocycles. The molecule has 1 unspecified atom stereocenters. The summed E-state index contributed by atoms with van der Waals surface area (Å²) in [5, 5.41) is 12.8. The summed E-state index contributed by atoms with van der Waals surface area (Å²) >= 11 is 0. The SMILES string of the molecule is CC(O)CC(C)(C)CNCc1ccccc1. The Morgan fingerprint density at radius 2 is 1.88 bits per heavy atom. The van der Waals surface area contributed by atoms with Crippen LogP contribution in [0.5, 0.6) is 0 Å². The van der Waals surface area contributed by atoms with Crippen molar-refractivity contribution in [3.8, 4) is 0 Å². The highest BCUT2D eigenvalue weighted by atomic mass is 16.3. The first-order valence-corrected chi connectivity index (χ1v) is 5.92. The summed E-state index contributed by atoms with van der Waals surface area (Å²) in [6.07, 6.45) is 0.600. The maximum atomic E-state index is 9.38. The molecule has 2 heteroatoms. The van der Waals surface area contributed by atoms with Crippen LogP contribution in [0.25, 0.3) is 0 Å². The highest BCUT2D eigenvalue weighted by Crippen LogP contribution is 2.21. The second kappa shape index (κ2) is 6.02. The van der Waals surface area contributed by atoms with Crippen molar-refractivity contribution in [3.05, 3.63) is 35.9 Å². The van der Waals surface area contributed by atoms with E-state index in [0.717, 1.165) is 19.5 Å². The molecular weight excluding hydrogens is 198 g/mol. The van der Waals surface area contributed by atoms with Crippen molar-refractivity contribution in [1.29, 1.82) is 0 Å². The van der Waals surface area contributed by atoms with Gasteiger partial charge in [0, 0.05) is 13.1 Å². The molecule has 0 heterocycles. The average molecular weight is 221 g/mol. The Morgan fingerprint density at radius 1 is 1.25 bits per heavy atom. The van der Waals surface area contributed by atoms with Crippen LogP contribution in [-0.2, 0) is 6.54 Å². The molecule has 0 amide bonds. The van der Waals surface area contributed by atoms with E-state index in [4.69, 9.17) is 0 Å². The normalized spacial score (nSPS) is 13.8. The smallest absolute Gasteiger partial charge is 0.0517 e. The highest BCUT2D eigenvalue weighted by Gasteiger charge is 2.19. The third-order valence-corrected chi connectivity index (χ3v) is 2.62. The zero-order chi connectivity index (χ0) is 12.0. The molecule has 1 atom stereocenters. The van der Waals surface area contributed by atoms with Crippen LogP contribution in [0.4, 0.5) is 0 Å². The summed E-state index contributed by atoms with van der Waals surface area (Å²) in [5.74, 6) is 0. The Morgan fingerprint density at radius 3 is 2.44 bits per heavy atom. The molecule has 0 saturated carbocycles. The summed E-state index contributed by atoms with van der Waals surface area (Å²) in [4.78, 5) is 0. The molecular formula is C14H23NO. The lowest BCUT2D eigenvalue weighted by molar-refractivity contribution is 0.128. The van der Waals surface area contributed by atoms with E-state index in [0.29, 0.717) is 0 Å². The third kappa shape index (κ3) is 5.29. The second-order valence-corrected chi connectivity index (χ2v) is 5.31. The van der Waals surface area contributed by atoms with Gasteiger partial charge in [-0.05, 0) is 24.3 Å². The molecule has 0 spiro atoms. The van der Waals surface area contributed by atoms with Crippen LogP contribution in [0.2, 0.25) is 0 Å². The minimum atomic E-state index is -0.228. The molecule has 0 aliphatic rings. The summed E-state index contributed by atoms with van der Waals surface area (Å²) < 4.78 is 0. The van der Waals surface area contributed by atoms with E-state index in [1.54, 1.807) is 0 Å². The van der Waals surface area contributed by atoms with Crippen LogP contribution in [0.1, 0.15) is 32.8 Å². The predicted molar refractivity (Wildman–Crippen MR) is 68.2 cm³/mol. The minimum Gasteiger partial charge on any atom is -0.393 e. The summed E-state index contributed by atoms with van der Waals surface area (Å²) in [5.41, 5.74) is 1.44. The molecule has 0 radical (unpaired) electrons. The molecule has 1 aromatic rings. The Hall–Kier alpha value is -0.860. The molecule has 0 aromatic heterocycles. The van der Waals surface area contributed by atoms with Crippen molar-refractivity contribution in [2.24, 2.45) is 5.41 Å². The van der Waals surface area contributed by atoms with Gasteiger partial charge in [0.15, 0.2) is 0 Å². The topological polar surface area (TPSA) is 32.3 Å². The van der Waals surface area contributed by atoms with Crippen LogP contribution < -0.4 is 5.32 Å². The highest BCUT2D eigenvalue weighted by molar-refractivity contribution is 5.14. The van der Waals surface area contributed by atoms with E-state index < -0.39 is 0 Å². The molecule has 0 aliphatic heterocycles. The van der Waals surface area contributed by atoms with Crippen molar-refractivity contribution < 1.29 is 5.11 Å². The fraction of sp³-hybridized carbons (Fsp3) is 0.571. The van der Waals surface area contributed by atoms with Crippen LogP contribution in [0.15, 0.2) is 30.3 Å². The van der Waals surface area contributed by atoms with Crippen molar-refractivity contribution >= 4 is 0 Å². The van der Waals surface area contributed by atoms with Gasteiger partial charge in [0.2, 0.25) is 0 Å². The van der Waals surface area contributed by atoms with Crippen molar-refractivity contribution in [3.63, 3.8) is 0 Å². The lowest BCUT2D eigenvalue weighted by atomic mass is 9.87. The minimum absolute atomic E-state index is 0.142. The third-order valence-electron chi connectivity index (χ3n) is 2.62. The lowest BCUT2D eigenvalue weighted by Crippen LogP contribution is -2.31. The Balaban J connectivity index is 2.30. The number of rotatable bonds is 6. The molecule has 16 heavy (non-hydrogen) atoms. The van der Waals surface area contributed by atoms with Gasteiger partial charge >= 0.3 is 0 Å². The Kier molecular flexibility index (Phi) is 4.97. The number of aliphatic hydroxyl groups is 1. The van der Waals surface area contributed by atoms with E-state index >= 15 is 0 Å². The average Bonchev–Trinajstić information content (AvgIpc) is 2.16. The fourth-order valence-corrected chi connectivity index (χ4v) is 2.01. The number of nitrogens with one attached hydrogen (secondary N) is 1. The summed E-state index contributed by atoms with van der Waals surface area (Å²) in [7, 11) is 0. The van der Waals surface area contributed by atoms with Crippen LogP contribution in [0.3, 0.4) is 0 Å². The zero-order valence-electron chi connectivity index (χ0n) is 10.5. The van der Waals surface area contributed by atoms with Crippen molar-refractivity contribution in [1.82, 2.24) is 5.32 Å². The standard InChI is InChI=1S/C14H23NO/c1-12(16)9-14(2,3)11-15-10-13-7-5-4-6-8-13/h4-8,12,15-16H,9-11H2,1-3H3. The largest absolute Gasteiger partial charge is 0.393 e. The van der Waals surface area contributed by atoms with E-state index in [1.165, 1.54) is 5.56 Å². The van der Waals surface area contributed by atoms with Crippen molar-refractivity contribution in [2.45, 2.75) is 39.8 Å². The molecule has 0 aliphatic carbocycles. The predicted octanol–water partition coefficient (Wildman–Crippen LogP) is 2.57. The van der Waals surface area contributed by atoms with Crippen LogP contribution >= 0.6 is 0 Å². The Labute approximate surface area is 98.7 Å². The Bertz CT molecular complexity index is 293. The number of benzene rings is 1. The first-order chi connectivity index (χ1) is 7.49. The fourth-order valence-electron chi connectivity index (χ4n) is 2.01. The first-order valence-electron chi connectivity index (χ1n) is 5.92. The first kappa shape index (κ1) is 13.2. The van der Waals surface area contributed by atoms with Gasteiger partial charge in [-0.3, -0.25) is 0 Å². The van der Waals surface area contributed by atoms with E-state index in [1.807, 2.05) is 13.0 Å². The summed E-state index contributed by atoms with van der Waals surface area (Å²) in [6.45, 7) is 8.02. The van der Waals surface area contributed by atoms with Gasteiger partial charge in [-0.1, -0.05) is 44.2 Å².